The first-order chi connectivity index (χ1) is 27.6. The molecule has 312 valence electrons. The molecule has 0 bridgehead atoms. The maximum absolute atomic E-state index is 13.5. The molecule has 9 N–H and O–H groups in total. The van der Waals surface area contributed by atoms with Gasteiger partial charge < -0.3 is 55.7 Å². The number of aryl methyl sites for hydroxylation is 1. The van der Waals surface area contributed by atoms with Gasteiger partial charge in [0.2, 0.25) is 17.7 Å². The fourth-order valence-electron chi connectivity index (χ4n) is 6.76. The minimum Gasteiger partial charge on any atom is -0.494 e. The van der Waals surface area contributed by atoms with E-state index in [1.807, 2.05) is 0 Å². The maximum Gasteiger partial charge on any atom is 0.416 e. The molecule has 0 saturated carbocycles. The van der Waals surface area contributed by atoms with Gasteiger partial charge in [-0.1, -0.05) is 0 Å². The van der Waals surface area contributed by atoms with E-state index in [2.05, 4.69) is 25.9 Å². The van der Waals surface area contributed by atoms with Crippen LogP contribution in [0.15, 0.2) is 48.5 Å². The smallest absolute Gasteiger partial charge is 0.416 e. The predicted molar refractivity (Wildman–Crippen MR) is 208 cm³/mol. The van der Waals surface area contributed by atoms with E-state index in [1.165, 1.54) is 23.8 Å². The number of aromatic nitrogens is 3. The second-order valence-corrected chi connectivity index (χ2v) is 13.8. The Balaban J connectivity index is 0.957. The molecule has 5 aromatic rings. The summed E-state index contributed by atoms with van der Waals surface area (Å²) in [6.07, 6.45) is -5.97. The van der Waals surface area contributed by atoms with Gasteiger partial charge in [0.25, 0.3) is 0 Å². The minimum absolute atomic E-state index is 0.0106. The number of aromatic hydroxyl groups is 2. The highest BCUT2D eigenvalue weighted by Crippen LogP contribution is 2.43. The molecule has 0 spiro atoms. The summed E-state index contributed by atoms with van der Waals surface area (Å²) in [6, 6.07) is 10.1. The van der Waals surface area contributed by atoms with Crippen LogP contribution in [0.4, 0.5) is 30.4 Å². The summed E-state index contributed by atoms with van der Waals surface area (Å²) >= 11 is 0. The lowest BCUT2D eigenvalue weighted by Crippen LogP contribution is -2.47. The molecular formula is C39H46F3N7O9. The summed E-state index contributed by atoms with van der Waals surface area (Å²) in [5.41, 5.74) is 6.18. The third-order valence-electron chi connectivity index (χ3n) is 9.62. The molecule has 58 heavy (non-hydrogen) atoms. The van der Waals surface area contributed by atoms with Crippen LogP contribution in [-0.4, -0.2) is 93.5 Å². The van der Waals surface area contributed by atoms with E-state index >= 15 is 0 Å². The van der Waals surface area contributed by atoms with Crippen molar-refractivity contribution >= 4 is 44.8 Å². The van der Waals surface area contributed by atoms with E-state index in [-0.39, 0.29) is 68.2 Å². The van der Waals surface area contributed by atoms with Gasteiger partial charge in [-0.3, -0.25) is 14.7 Å². The van der Waals surface area contributed by atoms with Crippen LogP contribution in [0.25, 0.3) is 21.7 Å². The van der Waals surface area contributed by atoms with Crippen molar-refractivity contribution in [1.82, 2.24) is 19.9 Å². The number of carbonyl (C=O) groups is 1. The molecule has 3 heterocycles. The first kappa shape index (κ1) is 42.0. The quantitative estimate of drug-likeness (QED) is 0.0480. The number of methoxy groups -OCH3 is 1. The number of anilines is 3. The number of rotatable bonds is 16. The number of ether oxygens (including phenoxy) is 4. The van der Waals surface area contributed by atoms with Crippen molar-refractivity contribution in [2.24, 2.45) is 0 Å². The van der Waals surface area contributed by atoms with Crippen LogP contribution in [0.3, 0.4) is 0 Å². The lowest BCUT2D eigenvalue weighted by atomic mass is 10.0. The number of piperidine rings is 1. The molecule has 0 radical (unpaired) electrons. The maximum atomic E-state index is 13.5. The summed E-state index contributed by atoms with van der Waals surface area (Å²) in [5.74, 6) is 0.737. The standard InChI is InChI=1S/C39H46F3N7O9/c1-20(22-14-23(39(40,41)42)16-24(43)15-22)44-35-28-18-32(31(55-3)19-29(28)45-21(2)46-35)58-13-12-57-11-10-56-9-8-34(51)47-25-4-5-26-27(17-25)38(54)49(37(26)53)30-6-7-33(50)48-36(30)52/h4-5,14-20,30,33,36,48,50,52-54H,6-13,43H2,1-3H3,(H,47,51)(H,44,45,46)/t20-,30?,33?,36?/m1/s1. The summed E-state index contributed by atoms with van der Waals surface area (Å²) in [4.78, 5) is 21.6. The first-order valence-electron chi connectivity index (χ1n) is 18.5. The van der Waals surface area contributed by atoms with Gasteiger partial charge in [0, 0.05) is 33.6 Å². The fraction of sp³-hybridized carbons (Fsp3) is 0.410. The van der Waals surface area contributed by atoms with Gasteiger partial charge in [-0.25, -0.2) is 9.97 Å². The molecule has 2 aromatic heterocycles. The number of nitrogens with one attached hydrogen (secondary N) is 3. The summed E-state index contributed by atoms with van der Waals surface area (Å²) in [5, 5.41) is 51.4. The van der Waals surface area contributed by atoms with Crippen LogP contribution < -0.4 is 31.2 Å². The molecule has 1 aliphatic rings. The number of alkyl halides is 3. The second-order valence-electron chi connectivity index (χ2n) is 13.8. The molecule has 3 aromatic carbocycles. The van der Waals surface area contributed by atoms with Gasteiger partial charge in [0.05, 0.1) is 63.1 Å². The molecule has 1 aliphatic heterocycles. The Hall–Kier alpha value is -5.60. The van der Waals surface area contributed by atoms with E-state index in [4.69, 9.17) is 24.7 Å². The highest BCUT2D eigenvalue weighted by atomic mass is 19.4. The average Bonchev–Trinajstić information content (AvgIpc) is 3.41. The number of carbonyl (C=O) groups excluding carboxylic acids is 1. The van der Waals surface area contributed by atoms with Gasteiger partial charge in [-0.15, -0.1) is 0 Å². The molecule has 16 nitrogen and oxygen atoms in total. The molecule has 19 heteroatoms. The van der Waals surface area contributed by atoms with Crippen molar-refractivity contribution in [2.75, 3.05) is 56.5 Å². The van der Waals surface area contributed by atoms with Crippen LogP contribution in [0.2, 0.25) is 0 Å². The van der Waals surface area contributed by atoms with Gasteiger partial charge in [-0.05, 0) is 74.7 Å². The first-order valence-corrected chi connectivity index (χ1v) is 18.5. The number of aliphatic hydroxyl groups is 2. The Kier molecular flexibility index (Phi) is 13.0. The van der Waals surface area contributed by atoms with Crippen molar-refractivity contribution in [3.63, 3.8) is 0 Å². The SMILES string of the molecule is COc1cc2nc(C)nc(N[C@H](C)c3cc(N)cc(C(F)(F)F)c3)c2cc1OCCOCCOCCC(=O)Nc1ccc2c(O)n(C3CCC(O)NC3O)c(O)c2c1. The van der Waals surface area contributed by atoms with Gasteiger partial charge >= 0.3 is 6.18 Å². The monoisotopic (exact) mass is 813 g/mol. The lowest BCUT2D eigenvalue weighted by Gasteiger charge is -2.33. The van der Waals surface area contributed by atoms with Crippen LogP contribution in [0.5, 0.6) is 23.3 Å². The summed E-state index contributed by atoms with van der Waals surface area (Å²) in [7, 11) is 1.48. The molecule has 4 atom stereocenters. The average molecular weight is 814 g/mol. The van der Waals surface area contributed by atoms with Gasteiger partial charge in [0.1, 0.15) is 30.7 Å². The number of nitrogen functional groups attached to an aromatic ring is 1. The third kappa shape index (κ3) is 9.74. The zero-order valence-electron chi connectivity index (χ0n) is 32.0. The highest BCUT2D eigenvalue weighted by Gasteiger charge is 2.34. The number of hydrogen-bond donors (Lipinski definition) is 8. The minimum atomic E-state index is -4.55. The Labute approximate surface area is 330 Å². The molecule has 1 saturated heterocycles. The Morgan fingerprint density at radius 2 is 1.67 bits per heavy atom. The van der Waals surface area contributed by atoms with Gasteiger partial charge in [-0.2, -0.15) is 13.2 Å². The van der Waals surface area contributed by atoms with Crippen molar-refractivity contribution in [3.8, 4) is 23.3 Å². The lowest BCUT2D eigenvalue weighted by molar-refractivity contribution is -0.137. The topological polar surface area (TPSA) is 228 Å². The molecular weight excluding hydrogens is 767 g/mol. The van der Waals surface area contributed by atoms with Crippen molar-refractivity contribution in [3.05, 3.63) is 65.5 Å². The molecule has 6 rings (SSSR count). The zero-order chi connectivity index (χ0) is 41.7. The molecule has 3 unspecified atom stereocenters. The predicted octanol–water partition coefficient (Wildman–Crippen LogP) is 5.09. The summed E-state index contributed by atoms with van der Waals surface area (Å²) in [6.45, 7) is 4.28. The Bertz CT molecular complexity index is 2250. The highest BCUT2D eigenvalue weighted by molar-refractivity contribution is 5.98. The van der Waals surface area contributed by atoms with E-state index in [0.29, 0.717) is 63.5 Å². The Morgan fingerprint density at radius 3 is 2.40 bits per heavy atom. The number of nitrogens with two attached hydrogens (primary N) is 1. The number of aliphatic hydroxyl groups excluding tert-OH is 2. The molecule has 0 aliphatic carbocycles. The molecule has 1 fully saturated rings. The number of nitrogens with zero attached hydrogens (tertiary/aromatic N) is 3. The number of amides is 1. The normalized spacial score (nSPS) is 17.7. The van der Waals surface area contributed by atoms with Crippen LogP contribution in [0, 0.1) is 6.92 Å². The number of hydrogen-bond acceptors (Lipinski definition) is 14. The van der Waals surface area contributed by atoms with Crippen LogP contribution >= 0.6 is 0 Å². The van der Waals surface area contributed by atoms with E-state index in [1.54, 1.807) is 38.1 Å². The number of fused-ring (bicyclic) bond motifs is 2. The van der Waals surface area contributed by atoms with Crippen LogP contribution in [0.1, 0.15) is 55.2 Å². The summed E-state index contributed by atoms with van der Waals surface area (Å²) < 4.78 is 64.2. The van der Waals surface area contributed by atoms with Crippen LogP contribution in [-0.2, 0) is 20.4 Å². The largest absolute Gasteiger partial charge is 0.494 e. The van der Waals surface area contributed by atoms with E-state index < -0.39 is 36.3 Å². The third-order valence-corrected chi connectivity index (χ3v) is 9.62. The number of halogens is 3. The second kappa shape index (κ2) is 17.9. The Morgan fingerprint density at radius 1 is 0.948 bits per heavy atom. The van der Waals surface area contributed by atoms with Crippen molar-refractivity contribution in [1.29, 1.82) is 0 Å². The van der Waals surface area contributed by atoms with E-state index in [9.17, 15) is 38.4 Å². The van der Waals surface area contributed by atoms with Gasteiger partial charge in [0.15, 0.2) is 11.5 Å². The van der Waals surface area contributed by atoms with Crippen molar-refractivity contribution in [2.45, 2.75) is 63.8 Å². The molecule has 1 amide bonds. The van der Waals surface area contributed by atoms with Crippen molar-refractivity contribution < 1.29 is 57.3 Å². The van der Waals surface area contributed by atoms with E-state index in [0.717, 1.165) is 12.1 Å². The number of benzene rings is 3. The fourth-order valence-corrected chi connectivity index (χ4v) is 6.76. The zero-order valence-corrected chi connectivity index (χ0v) is 32.0.